The van der Waals surface area contributed by atoms with Gasteiger partial charge in [-0.1, -0.05) is 0 Å². The Bertz CT molecular complexity index is 1260. The third-order valence-corrected chi connectivity index (χ3v) is 5.46. The van der Waals surface area contributed by atoms with Crippen LogP contribution in [0.15, 0.2) is 54.4 Å². The maximum absolute atomic E-state index is 14.7. The monoisotopic (exact) mass is 360 g/mol. The first-order valence-corrected chi connectivity index (χ1v) is 9.00. The van der Waals surface area contributed by atoms with E-state index in [4.69, 9.17) is 0 Å². The van der Waals surface area contributed by atoms with Crippen LogP contribution >= 0.6 is 11.3 Å². The first kappa shape index (κ1) is 15.2. The van der Waals surface area contributed by atoms with Gasteiger partial charge in [-0.25, -0.2) is 9.37 Å². The van der Waals surface area contributed by atoms with Gasteiger partial charge in [-0.05, 0) is 42.1 Å². The van der Waals surface area contributed by atoms with Crippen molar-refractivity contribution in [2.75, 3.05) is 0 Å². The molecular formula is C20H13FN4S. The second-order valence-corrected chi connectivity index (χ2v) is 7.09. The van der Waals surface area contributed by atoms with Crippen LogP contribution in [0.1, 0.15) is 5.56 Å². The fraction of sp³-hybridized carbons (Fsp3) is 0.0500. The summed E-state index contributed by atoms with van der Waals surface area (Å²) in [5.74, 6) is -0.319. The van der Waals surface area contributed by atoms with Crippen molar-refractivity contribution in [1.82, 2.24) is 19.9 Å². The number of nitrogens with zero attached hydrogens (tertiary/aromatic N) is 3. The Balaban J connectivity index is 1.86. The number of H-pyrrole nitrogens is 1. The summed E-state index contributed by atoms with van der Waals surface area (Å²) >= 11 is 1.54. The number of fused-ring (bicyclic) bond motifs is 3. The summed E-state index contributed by atoms with van der Waals surface area (Å²) in [7, 11) is 0. The molecule has 0 saturated heterocycles. The molecule has 0 unspecified atom stereocenters. The molecule has 0 aliphatic heterocycles. The summed E-state index contributed by atoms with van der Waals surface area (Å²) in [6, 6.07) is 7.80. The van der Waals surface area contributed by atoms with E-state index < -0.39 is 0 Å². The molecule has 0 atom stereocenters. The topological polar surface area (TPSA) is 54.5 Å². The largest absolute Gasteiger partial charge is 0.338 e. The van der Waals surface area contributed by atoms with Gasteiger partial charge in [0.25, 0.3) is 0 Å². The lowest BCUT2D eigenvalue weighted by Gasteiger charge is -2.04. The van der Waals surface area contributed by atoms with Crippen LogP contribution in [0.5, 0.6) is 0 Å². The van der Waals surface area contributed by atoms with Crippen LogP contribution < -0.4 is 0 Å². The van der Waals surface area contributed by atoms with E-state index in [1.807, 2.05) is 36.6 Å². The lowest BCUT2D eigenvalue weighted by atomic mass is 10.1. The highest BCUT2D eigenvalue weighted by molar-refractivity contribution is 7.13. The number of hydrogen-bond donors (Lipinski definition) is 1. The minimum absolute atomic E-state index is 0.319. The quantitative estimate of drug-likeness (QED) is 0.462. The van der Waals surface area contributed by atoms with Gasteiger partial charge in [-0.15, -0.1) is 11.3 Å². The number of aromatic nitrogens is 4. The van der Waals surface area contributed by atoms with E-state index >= 15 is 0 Å². The Hall–Kier alpha value is -3.12. The minimum atomic E-state index is -0.319. The first-order valence-electron chi connectivity index (χ1n) is 8.12. The number of thiophene rings is 1. The molecule has 0 amide bonds. The molecule has 0 bridgehead atoms. The van der Waals surface area contributed by atoms with Crippen LogP contribution in [0.3, 0.4) is 0 Å². The molecule has 0 saturated carbocycles. The van der Waals surface area contributed by atoms with Crippen molar-refractivity contribution < 1.29 is 4.39 Å². The van der Waals surface area contributed by atoms with Crippen molar-refractivity contribution in [2.24, 2.45) is 0 Å². The average Bonchev–Trinajstić information content (AvgIpc) is 3.25. The molecule has 0 spiro atoms. The third kappa shape index (κ3) is 2.30. The summed E-state index contributed by atoms with van der Waals surface area (Å²) in [4.78, 5) is 17.1. The van der Waals surface area contributed by atoms with Gasteiger partial charge in [-0.2, -0.15) is 0 Å². The van der Waals surface area contributed by atoms with Gasteiger partial charge in [0, 0.05) is 39.2 Å². The molecule has 0 aliphatic rings. The second-order valence-electron chi connectivity index (χ2n) is 6.17. The Morgan fingerprint density at radius 2 is 2.04 bits per heavy atom. The first-order chi connectivity index (χ1) is 12.7. The summed E-state index contributed by atoms with van der Waals surface area (Å²) in [6.07, 6.45) is 6.54. The number of halogens is 1. The van der Waals surface area contributed by atoms with Gasteiger partial charge in [0.05, 0.1) is 23.6 Å². The number of aromatic amines is 1. The van der Waals surface area contributed by atoms with Crippen LogP contribution in [0, 0.1) is 12.7 Å². The molecule has 0 aromatic carbocycles. The lowest BCUT2D eigenvalue weighted by molar-refractivity contribution is 0.628. The van der Waals surface area contributed by atoms with Gasteiger partial charge < -0.3 is 4.98 Å². The molecule has 1 N–H and O–H groups in total. The Morgan fingerprint density at radius 1 is 1.12 bits per heavy atom. The molecule has 0 fully saturated rings. The SMILES string of the molecule is Cc1csc(-c2c(F)cnc3[nH]c4cnc(-c5cccnc5)cc4c23)c1. The zero-order valence-electron chi connectivity index (χ0n) is 13.8. The maximum atomic E-state index is 14.7. The molecule has 0 radical (unpaired) electrons. The number of hydrogen-bond acceptors (Lipinski definition) is 4. The highest BCUT2D eigenvalue weighted by Crippen LogP contribution is 2.38. The van der Waals surface area contributed by atoms with E-state index in [1.54, 1.807) is 18.6 Å². The highest BCUT2D eigenvalue weighted by Gasteiger charge is 2.18. The molecule has 0 aliphatic carbocycles. The second kappa shape index (κ2) is 5.71. The predicted octanol–water partition coefficient (Wildman–Crippen LogP) is 5.35. The molecular weight excluding hydrogens is 347 g/mol. The molecule has 5 aromatic heterocycles. The lowest BCUT2D eigenvalue weighted by Crippen LogP contribution is -1.87. The predicted molar refractivity (Wildman–Crippen MR) is 103 cm³/mol. The van der Waals surface area contributed by atoms with E-state index in [0.29, 0.717) is 11.2 Å². The van der Waals surface area contributed by atoms with Crippen molar-refractivity contribution in [3.63, 3.8) is 0 Å². The third-order valence-electron chi connectivity index (χ3n) is 4.39. The zero-order chi connectivity index (χ0) is 17.7. The number of rotatable bonds is 2. The van der Waals surface area contributed by atoms with Crippen molar-refractivity contribution in [1.29, 1.82) is 0 Å². The standard InChI is InChI=1S/C20H13FN4S/c1-11-5-17(26-10-11)19-14(21)8-24-20-18(19)13-6-15(23-9-16(13)25-20)12-3-2-4-22-7-12/h2-10H,1H3,(H,24,25). The molecule has 26 heavy (non-hydrogen) atoms. The van der Waals surface area contributed by atoms with Gasteiger partial charge in [-0.3, -0.25) is 9.97 Å². The maximum Gasteiger partial charge on any atom is 0.150 e. The zero-order valence-corrected chi connectivity index (χ0v) is 14.6. The Morgan fingerprint density at radius 3 is 2.81 bits per heavy atom. The summed E-state index contributed by atoms with van der Waals surface area (Å²) < 4.78 is 14.7. The molecule has 6 heteroatoms. The molecule has 5 aromatic rings. The van der Waals surface area contributed by atoms with Crippen LogP contribution in [0.4, 0.5) is 4.39 Å². The minimum Gasteiger partial charge on any atom is -0.338 e. The summed E-state index contributed by atoms with van der Waals surface area (Å²) in [5, 5.41) is 3.72. The Kier molecular flexibility index (Phi) is 3.33. The number of nitrogens with one attached hydrogen (secondary N) is 1. The number of aryl methyl sites for hydroxylation is 1. The van der Waals surface area contributed by atoms with Crippen LogP contribution in [-0.2, 0) is 0 Å². The fourth-order valence-electron chi connectivity index (χ4n) is 3.21. The average molecular weight is 360 g/mol. The van der Waals surface area contributed by atoms with Crippen LogP contribution in [-0.4, -0.2) is 19.9 Å². The van der Waals surface area contributed by atoms with E-state index in [2.05, 4.69) is 19.9 Å². The molecule has 126 valence electrons. The van der Waals surface area contributed by atoms with Gasteiger partial charge in [0.2, 0.25) is 0 Å². The fourth-order valence-corrected chi connectivity index (χ4v) is 4.16. The van der Waals surface area contributed by atoms with Crippen molar-refractivity contribution in [2.45, 2.75) is 6.92 Å². The smallest absolute Gasteiger partial charge is 0.150 e. The molecule has 5 rings (SSSR count). The normalized spacial score (nSPS) is 11.5. The highest BCUT2D eigenvalue weighted by atomic mass is 32.1. The van der Waals surface area contributed by atoms with E-state index in [-0.39, 0.29) is 5.82 Å². The van der Waals surface area contributed by atoms with E-state index in [0.717, 1.165) is 38.0 Å². The summed E-state index contributed by atoms with van der Waals surface area (Å²) in [6.45, 7) is 2.01. The van der Waals surface area contributed by atoms with Crippen molar-refractivity contribution in [3.8, 4) is 21.7 Å². The number of pyridine rings is 3. The van der Waals surface area contributed by atoms with E-state index in [9.17, 15) is 4.39 Å². The van der Waals surface area contributed by atoms with Crippen molar-refractivity contribution in [3.05, 3.63) is 65.8 Å². The molecule has 5 heterocycles. The summed E-state index contributed by atoms with van der Waals surface area (Å²) in [5.41, 5.74) is 4.91. The Labute approximate surface area is 152 Å². The van der Waals surface area contributed by atoms with Gasteiger partial charge in [0.15, 0.2) is 5.82 Å². The van der Waals surface area contributed by atoms with Crippen LogP contribution in [0.25, 0.3) is 43.6 Å². The van der Waals surface area contributed by atoms with E-state index in [1.165, 1.54) is 17.5 Å². The van der Waals surface area contributed by atoms with Gasteiger partial charge in [0.1, 0.15) is 5.65 Å². The van der Waals surface area contributed by atoms with Crippen LogP contribution in [0.2, 0.25) is 0 Å². The van der Waals surface area contributed by atoms with Gasteiger partial charge >= 0.3 is 0 Å². The molecule has 4 nitrogen and oxygen atoms in total. The van der Waals surface area contributed by atoms with Crippen molar-refractivity contribution >= 4 is 33.3 Å².